The average molecular weight is 470 g/mol. The Kier molecular flexibility index (Phi) is 6.78. The number of carbonyl (C=O) groups excluding carboxylic acids is 4. The zero-order chi connectivity index (χ0) is 25.0. The summed E-state index contributed by atoms with van der Waals surface area (Å²) in [7, 11) is 0. The monoisotopic (exact) mass is 469 g/mol. The maximum absolute atomic E-state index is 13.7. The van der Waals surface area contributed by atoms with Crippen LogP contribution in [0, 0.1) is 0 Å². The van der Waals surface area contributed by atoms with Gasteiger partial charge in [0.2, 0.25) is 5.91 Å². The molecule has 7 heteroatoms. The zero-order valence-corrected chi connectivity index (χ0v) is 19.7. The molecule has 0 aliphatic carbocycles. The smallest absolute Gasteiger partial charge is 0.325 e. The van der Waals surface area contributed by atoms with Crippen LogP contribution < -0.4 is 10.6 Å². The first kappa shape index (κ1) is 23.9. The summed E-state index contributed by atoms with van der Waals surface area (Å²) in [6.45, 7) is 2.93. The minimum absolute atomic E-state index is 0.145. The van der Waals surface area contributed by atoms with Crippen molar-refractivity contribution in [1.29, 1.82) is 0 Å². The molecule has 178 valence electrons. The first-order valence-corrected chi connectivity index (χ1v) is 11.4. The lowest BCUT2D eigenvalue weighted by Crippen LogP contribution is -2.46. The van der Waals surface area contributed by atoms with Crippen molar-refractivity contribution in [2.75, 3.05) is 6.54 Å². The van der Waals surface area contributed by atoms with E-state index in [0.717, 1.165) is 16.0 Å². The molecular formula is C28H27N3O4. The lowest BCUT2D eigenvalue weighted by molar-refractivity contribution is -0.131. The second-order valence-electron chi connectivity index (χ2n) is 8.72. The molecule has 0 bridgehead atoms. The zero-order valence-electron chi connectivity index (χ0n) is 19.7. The van der Waals surface area contributed by atoms with Gasteiger partial charge in [-0.05, 0) is 23.6 Å². The molecule has 0 spiro atoms. The molecule has 4 amide bonds. The number of hydrogen-bond donors (Lipinski definition) is 2. The van der Waals surface area contributed by atoms with Crippen LogP contribution in [-0.2, 0) is 21.5 Å². The van der Waals surface area contributed by atoms with Crippen molar-refractivity contribution < 1.29 is 19.2 Å². The Morgan fingerprint density at radius 2 is 1.51 bits per heavy atom. The SMILES string of the molecule is CC(=O)N[C@@H](C)c1ccc(C(=O)CN2C(=O)N[C@@](Cc3ccccc3)(c3ccccc3)C2=O)cc1. The molecule has 7 nitrogen and oxygen atoms in total. The molecule has 3 aromatic rings. The number of imide groups is 1. The van der Waals surface area contributed by atoms with Crippen LogP contribution >= 0.6 is 0 Å². The summed E-state index contributed by atoms with van der Waals surface area (Å²) in [5.74, 6) is -0.953. The highest BCUT2D eigenvalue weighted by molar-refractivity contribution is 6.11. The molecule has 3 aromatic carbocycles. The summed E-state index contributed by atoms with van der Waals surface area (Å²) in [4.78, 5) is 52.0. The van der Waals surface area contributed by atoms with Crippen molar-refractivity contribution in [1.82, 2.24) is 15.5 Å². The number of ketones is 1. The number of urea groups is 1. The third-order valence-corrected chi connectivity index (χ3v) is 6.21. The summed E-state index contributed by atoms with van der Waals surface area (Å²) in [5, 5.41) is 5.67. The molecule has 0 aromatic heterocycles. The highest BCUT2D eigenvalue weighted by Gasteiger charge is 2.52. The Morgan fingerprint density at radius 3 is 2.11 bits per heavy atom. The van der Waals surface area contributed by atoms with E-state index in [9.17, 15) is 19.2 Å². The van der Waals surface area contributed by atoms with E-state index in [-0.39, 0.29) is 30.7 Å². The first-order chi connectivity index (χ1) is 16.8. The van der Waals surface area contributed by atoms with E-state index < -0.39 is 17.5 Å². The largest absolute Gasteiger partial charge is 0.350 e. The van der Waals surface area contributed by atoms with E-state index in [1.165, 1.54) is 6.92 Å². The van der Waals surface area contributed by atoms with Crippen molar-refractivity contribution in [3.63, 3.8) is 0 Å². The number of hydrogen-bond acceptors (Lipinski definition) is 4. The molecule has 0 saturated carbocycles. The molecule has 0 radical (unpaired) electrons. The predicted octanol–water partition coefficient (Wildman–Crippen LogP) is 3.76. The summed E-state index contributed by atoms with van der Waals surface area (Å²) < 4.78 is 0. The Morgan fingerprint density at radius 1 is 0.914 bits per heavy atom. The van der Waals surface area contributed by atoms with Gasteiger partial charge in [-0.1, -0.05) is 84.9 Å². The Hall–Kier alpha value is -4.26. The number of carbonyl (C=O) groups is 4. The topological polar surface area (TPSA) is 95.6 Å². The molecule has 1 fully saturated rings. The van der Waals surface area contributed by atoms with Gasteiger partial charge in [-0.15, -0.1) is 0 Å². The van der Waals surface area contributed by atoms with Gasteiger partial charge >= 0.3 is 6.03 Å². The van der Waals surface area contributed by atoms with Crippen LogP contribution in [0.1, 0.15) is 46.9 Å². The van der Waals surface area contributed by atoms with Gasteiger partial charge in [0.05, 0.1) is 12.6 Å². The number of amides is 4. The van der Waals surface area contributed by atoms with E-state index in [4.69, 9.17) is 0 Å². The quantitative estimate of drug-likeness (QED) is 0.388. The van der Waals surface area contributed by atoms with Gasteiger partial charge in [0.25, 0.3) is 5.91 Å². The van der Waals surface area contributed by atoms with Gasteiger partial charge in [0.1, 0.15) is 0 Å². The molecule has 1 saturated heterocycles. The van der Waals surface area contributed by atoms with Crippen molar-refractivity contribution in [2.24, 2.45) is 0 Å². The Bertz CT molecular complexity index is 1240. The number of benzene rings is 3. The summed E-state index contributed by atoms with van der Waals surface area (Å²) in [6.07, 6.45) is 0.267. The maximum Gasteiger partial charge on any atom is 0.325 e. The minimum atomic E-state index is -1.29. The highest BCUT2D eigenvalue weighted by atomic mass is 16.2. The van der Waals surface area contributed by atoms with Gasteiger partial charge in [-0.25, -0.2) is 4.79 Å². The second-order valence-corrected chi connectivity index (χ2v) is 8.72. The van der Waals surface area contributed by atoms with E-state index >= 15 is 0 Å². The Labute approximate surface area is 204 Å². The van der Waals surface area contributed by atoms with Gasteiger partial charge in [0, 0.05) is 18.9 Å². The fourth-order valence-electron chi connectivity index (χ4n) is 4.39. The molecule has 0 unspecified atom stereocenters. The average Bonchev–Trinajstić information content (AvgIpc) is 3.09. The standard InChI is InChI=1S/C28H27N3O4/c1-19(29-20(2)32)22-13-15-23(16-14-22)25(33)18-31-26(34)28(30-27(31)35,24-11-7-4-8-12-24)17-21-9-5-3-6-10-21/h3-16,19H,17-18H2,1-2H3,(H,29,32)(H,30,35)/t19-,28-/m0/s1. The van der Waals surface area contributed by atoms with Crippen molar-refractivity contribution in [3.8, 4) is 0 Å². The van der Waals surface area contributed by atoms with Crippen molar-refractivity contribution in [2.45, 2.75) is 31.8 Å². The molecule has 1 heterocycles. The van der Waals surface area contributed by atoms with Crippen molar-refractivity contribution in [3.05, 3.63) is 107 Å². The summed E-state index contributed by atoms with van der Waals surface area (Å²) >= 11 is 0. The lowest BCUT2D eigenvalue weighted by atomic mass is 9.83. The molecule has 4 rings (SSSR count). The molecule has 2 atom stereocenters. The third-order valence-electron chi connectivity index (χ3n) is 6.21. The second kappa shape index (κ2) is 9.93. The number of Topliss-reactive ketones (excluding diaryl/α,β-unsaturated/α-hetero) is 1. The fraction of sp³-hybridized carbons (Fsp3) is 0.214. The number of nitrogens with one attached hydrogen (secondary N) is 2. The van der Waals surface area contributed by atoms with Gasteiger partial charge in [-0.3, -0.25) is 19.3 Å². The van der Waals surface area contributed by atoms with E-state index in [1.54, 1.807) is 36.4 Å². The van der Waals surface area contributed by atoms with E-state index in [2.05, 4.69) is 10.6 Å². The number of nitrogens with zero attached hydrogens (tertiary/aromatic N) is 1. The normalized spacial score (nSPS) is 18.2. The minimum Gasteiger partial charge on any atom is -0.350 e. The molecular weight excluding hydrogens is 442 g/mol. The molecule has 1 aliphatic heterocycles. The molecule has 1 aliphatic rings. The highest BCUT2D eigenvalue weighted by Crippen LogP contribution is 2.33. The lowest BCUT2D eigenvalue weighted by Gasteiger charge is -2.27. The van der Waals surface area contributed by atoms with E-state index in [0.29, 0.717) is 11.1 Å². The van der Waals surface area contributed by atoms with Crippen LogP contribution in [0.25, 0.3) is 0 Å². The Balaban J connectivity index is 1.57. The van der Waals surface area contributed by atoms with Crippen LogP contribution in [0.5, 0.6) is 0 Å². The van der Waals surface area contributed by atoms with E-state index in [1.807, 2.05) is 55.5 Å². The molecule has 2 N–H and O–H groups in total. The number of rotatable bonds is 8. The predicted molar refractivity (Wildman–Crippen MR) is 132 cm³/mol. The van der Waals surface area contributed by atoms with Crippen LogP contribution in [0.3, 0.4) is 0 Å². The van der Waals surface area contributed by atoms with Gasteiger partial charge < -0.3 is 10.6 Å². The van der Waals surface area contributed by atoms with Crippen LogP contribution in [0.2, 0.25) is 0 Å². The third kappa shape index (κ3) is 4.99. The van der Waals surface area contributed by atoms with Crippen LogP contribution in [-0.4, -0.2) is 35.1 Å². The fourth-order valence-corrected chi connectivity index (χ4v) is 4.39. The summed E-state index contributed by atoms with van der Waals surface area (Å²) in [5.41, 5.74) is 1.48. The maximum atomic E-state index is 13.7. The van der Waals surface area contributed by atoms with Gasteiger partial charge in [0.15, 0.2) is 11.3 Å². The molecule has 35 heavy (non-hydrogen) atoms. The van der Waals surface area contributed by atoms with Crippen LogP contribution in [0.4, 0.5) is 4.79 Å². The van der Waals surface area contributed by atoms with Gasteiger partial charge in [-0.2, -0.15) is 0 Å². The first-order valence-electron chi connectivity index (χ1n) is 11.4. The van der Waals surface area contributed by atoms with Crippen LogP contribution in [0.15, 0.2) is 84.9 Å². The van der Waals surface area contributed by atoms with Crippen molar-refractivity contribution >= 4 is 23.6 Å². The summed E-state index contributed by atoms with van der Waals surface area (Å²) in [6, 6.07) is 24.5.